The molecule has 2 aromatic carbocycles. The van der Waals surface area contributed by atoms with E-state index >= 15 is 0 Å². The van der Waals surface area contributed by atoms with Gasteiger partial charge in [0.2, 0.25) is 0 Å². The number of rotatable bonds is 6. The molecule has 1 N–H and O–H groups in total. The predicted molar refractivity (Wildman–Crippen MR) is 99.6 cm³/mol. The zero-order valence-corrected chi connectivity index (χ0v) is 14.9. The Bertz CT molecular complexity index is 844. The second-order valence-corrected chi connectivity index (χ2v) is 7.43. The van der Waals surface area contributed by atoms with Crippen molar-refractivity contribution in [2.24, 2.45) is 0 Å². The zero-order chi connectivity index (χ0) is 16.9. The van der Waals surface area contributed by atoms with Crippen LogP contribution >= 0.6 is 23.1 Å². The number of thioether (sulfide) groups is 1. The van der Waals surface area contributed by atoms with Gasteiger partial charge in [0.1, 0.15) is 5.01 Å². The molecule has 0 amide bonds. The van der Waals surface area contributed by atoms with E-state index in [-0.39, 0.29) is 6.42 Å². The molecule has 3 nitrogen and oxygen atoms in total. The summed E-state index contributed by atoms with van der Waals surface area (Å²) < 4.78 is 0. The molecule has 1 heterocycles. The summed E-state index contributed by atoms with van der Waals surface area (Å²) >= 11 is 3.18. The first-order valence-corrected chi connectivity index (χ1v) is 9.42. The summed E-state index contributed by atoms with van der Waals surface area (Å²) in [5, 5.41) is 11.5. The molecule has 0 fully saturated rings. The van der Waals surface area contributed by atoms with E-state index in [0.717, 1.165) is 21.9 Å². The van der Waals surface area contributed by atoms with E-state index in [0.29, 0.717) is 5.01 Å². The van der Waals surface area contributed by atoms with Gasteiger partial charge in [-0.05, 0) is 24.6 Å². The van der Waals surface area contributed by atoms with Crippen LogP contribution in [0.5, 0.6) is 0 Å². The Hall–Kier alpha value is -2.11. The Morgan fingerprint density at radius 1 is 1.21 bits per heavy atom. The van der Waals surface area contributed by atoms with Crippen molar-refractivity contribution in [3.8, 4) is 11.3 Å². The standard InChI is InChI=1S/C19H17NO2S2/c1-13-7-8-17(23-11-14-5-3-2-4-6-14)15(9-13)16-12-24-18(20-16)10-19(21)22/h2-9,12H,10-11H2,1H3,(H,21,22). The highest BCUT2D eigenvalue weighted by Gasteiger charge is 2.12. The summed E-state index contributed by atoms with van der Waals surface area (Å²) in [7, 11) is 0. The molecule has 0 saturated carbocycles. The maximum Gasteiger partial charge on any atom is 0.310 e. The van der Waals surface area contributed by atoms with Gasteiger partial charge < -0.3 is 5.11 Å². The molecule has 0 aliphatic rings. The summed E-state index contributed by atoms with van der Waals surface area (Å²) in [6, 6.07) is 16.7. The molecule has 0 saturated heterocycles. The van der Waals surface area contributed by atoms with Crippen LogP contribution in [0.1, 0.15) is 16.1 Å². The van der Waals surface area contributed by atoms with E-state index < -0.39 is 5.97 Å². The van der Waals surface area contributed by atoms with Crippen LogP contribution in [0.2, 0.25) is 0 Å². The van der Waals surface area contributed by atoms with Crippen LogP contribution in [0.25, 0.3) is 11.3 Å². The third-order valence-electron chi connectivity index (χ3n) is 3.50. The molecule has 24 heavy (non-hydrogen) atoms. The van der Waals surface area contributed by atoms with E-state index in [1.54, 1.807) is 11.8 Å². The van der Waals surface area contributed by atoms with Crippen LogP contribution in [-0.2, 0) is 17.0 Å². The number of benzene rings is 2. The molecule has 122 valence electrons. The monoisotopic (exact) mass is 355 g/mol. The van der Waals surface area contributed by atoms with Crippen molar-refractivity contribution >= 4 is 29.1 Å². The molecular formula is C19H17NO2S2. The average Bonchev–Trinajstić information content (AvgIpc) is 3.02. The van der Waals surface area contributed by atoms with Crippen molar-refractivity contribution in [2.45, 2.75) is 24.0 Å². The van der Waals surface area contributed by atoms with Crippen LogP contribution in [-0.4, -0.2) is 16.1 Å². The van der Waals surface area contributed by atoms with Gasteiger partial charge in [0.25, 0.3) is 0 Å². The van der Waals surface area contributed by atoms with Crippen molar-refractivity contribution in [1.82, 2.24) is 4.98 Å². The van der Waals surface area contributed by atoms with Gasteiger partial charge >= 0.3 is 5.97 Å². The first kappa shape index (κ1) is 16.7. The molecule has 3 aromatic rings. The molecular weight excluding hydrogens is 338 g/mol. The molecule has 3 rings (SSSR count). The molecule has 0 atom stereocenters. The summed E-state index contributed by atoms with van der Waals surface area (Å²) in [6.45, 7) is 2.06. The molecule has 0 radical (unpaired) electrons. The van der Waals surface area contributed by atoms with Crippen molar-refractivity contribution in [3.05, 3.63) is 70.0 Å². The van der Waals surface area contributed by atoms with Crippen LogP contribution in [0.15, 0.2) is 58.8 Å². The van der Waals surface area contributed by atoms with Gasteiger partial charge in [-0.3, -0.25) is 4.79 Å². The van der Waals surface area contributed by atoms with Gasteiger partial charge in [0.15, 0.2) is 0 Å². The molecule has 0 aliphatic heterocycles. The first-order chi connectivity index (χ1) is 11.6. The van der Waals surface area contributed by atoms with Gasteiger partial charge in [0.05, 0.1) is 12.1 Å². The number of hydrogen-bond acceptors (Lipinski definition) is 4. The minimum Gasteiger partial charge on any atom is -0.481 e. The van der Waals surface area contributed by atoms with Crippen LogP contribution < -0.4 is 0 Å². The minimum absolute atomic E-state index is 0.0248. The van der Waals surface area contributed by atoms with Crippen molar-refractivity contribution in [3.63, 3.8) is 0 Å². The van der Waals surface area contributed by atoms with Crippen molar-refractivity contribution in [2.75, 3.05) is 0 Å². The lowest BCUT2D eigenvalue weighted by Crippen LogP contribution is -1.99. The zero-order valence-electron chi connectivity index (χ0n) is 13.2. The van der Waals surface area contributed by atoms with Gasteiger partial charge in [-0.1, -0.05) is 42.0 Å². The Kier molecular flexibility index (Phi) is 5.33. The van der Waals surface area contributed by atoms with Crippen LogP contribution in [0, 0.1) is 6.92 Å². The minimum atomic E-state index is -0.848. The molecule has 0 unspecified atom stereocenters. The van der Waals surface area contributed by atoms with Gasteiger partial charge in [0, 0.05) is 21.6 Å². The van der Waals surface area contributed by atoms with Crippen molar-refractivity contribution < 1.29 is 9.90 Å². The summed E-state index contributed by atoms with van der Waals surface area (Å²) in [5.74, 6) is 0.0436. The van der Waals surface area contributed by atoms with E-state index in [1.165, 1.54) is 22.5 Å². The van der Waals surface area contributed by atoms with E-state index in [2.05, 4.69) is 42.2 Å². The maximum atomic E-state index is 10.9. The molecule has 5 heteroatoms. The van der Waals surface area contributed by atoms with Crippen LogP contribution in [0.4, 0.5) is 0 Å². The molecule has 0 spiro atoms. The lowest BCUT2D eigenvalue weighted by molar-refractivity contribution is -0.136. The SMILES string of the molecule is Cc1ccc(SCc2ccccc2)c(-c2csc(CC(=O)O)n2)c1. The highest BCUT2D eigenvalue weighted by atomic mass is 32.2. The Morgan fingerprint density at radius 2 is 2.00 bits per heavy atom. The summed E-state index contributed by atoms with van der Waals surface area (Å²) in [6.07, 6.45) is -0.0248. The van der Waals surface area contributed by atoms with Crippen molar-refractivity contribution in [1.29, 1.82) is 0 Å². The Balaban J connectivity index is 1.85. The number of aryl methyl sites for hydroxylation is 1. The Morgan fingerprint density at radius 3 is 2.75 bits per heavy atom. The van der Waals surface area contributed by atoms with Gasteiger partial charge in [-0.15, -0.1) is 23.1 Å². The summed E-state index contributed by atoms with van der Waals surface area (Å²) in [4.78, 5) is 16.5. The van der Waals surface area contributed by atoms with E-state index in [9.17, 15) is 4.79 Å². The average molecular weight is 355 g/mol. The Labute approximate surface area is 149 Å². The fraction of sp³-hybridized carbons (Fsp3) is 0.158. The van der Waals surface area contributed by atoms with Gasteiger partial charge in [-0.25, -0.2) is 4.98 Å². The number of hydrogen-bond donors (Lipinski definition) is 1. The normalized spacial score (nSPS) is 10.7. The number of carboxylic acid groups (broad SMARTS) is 1. The maximum absolute atomic E-state index is 10.9. The second-order valence-electron chi connectivity index (χ2n) is 5.47. The highest BCUT2D eigenvalue weighted by molar-refractivity contribution is 7.98. The summed E-state index contributed by atoms with van der Waals surface area (Å²) in [5.41, 5.74) is 4.38. The number of aliphatic carboxylic acids is 1. The highest BCUT2D eigenvalue weighted by Crippen LogP contribution is 2.34. The fourth-order valence-electron chi connectivity index (χ4n) is 2.35. The number of thiazole rings is 1. The number of nitrogens with zero attached hydrogens (tertiary/aromatic N) is 1. The lowest BCUT2D eigenvalue weighted by Gasteiger charge is -2.09. The largest absolute Gasteiger partial charge is 0.481 e. The number of carbonyl (C=O) groups is 1. The fourth-order valence-corrected chi connectivity index (χ4v) is 4.13. The smallest absolute Gasteiger partial charge is 0.310 e. The topological polar surface area (TPSA) is 50.2 Å². The molecule has 0 aliphatic carbocycles. The van der Waals surface area contributed by atoms with Gasteiger partial charge in [-0.2, -0.15) is 0 Å². The van der Waals surface area contributed by atoms with Crippen LogP contribution in [0.3, 0.4) is 0 Å². The second kappa shape index (κ2) is 7.64. The number of aromatic nitrogens is 1. The third kappa shape index (κ3) is 4.24. The predicted octanol–water partition coefficient (Wildman–Crippen LogP) is 5.04. The first-order valence-electron chi connectivity index (χ1n) is 7.56. The number of carboxylic acids is 1. The van der Waals surface area contributed by atoms with E-state index in [4.69, 9.17) is 5.11 Å². The quantitative estimate of drug-likeness (QED) is 0.630. The molecule has 0 bridgehead atoms. The van der Waals surface area contributed by atoms with E-state index in [1.807, 2.05) is 23.6 Å². The third-order valence-corrected chi connectivity index (χ3v) is 5.50. The molecule has 1 aromatic heterocycles. The lowest BCUT2D eigenvalue weighted by atomic mass is 10.1.